The van der Waals surface area contributed by atoms with E-state index in [2.05, 4.69) is 34.3 Å². The van der Waals surface area contributed by atoms with Crippen LogP contribution in [0.3, 0.4) is 0 Å². The Hall–Kier alpha value is -1.75. The van der Waals surface area contributed by atoms with Crippen molar-refractivity contribution in [2.24, 2.45) is 5.92 Å². The van der Waals surface area contributed by atoms with Crippen LogP contribution in [0, 0.1) is 12.8 Å². The number of H-pyrrole nitrogens is 1. The van der Waals surface area contributed by atoms with Gasteiger partial charge < -0.3 is 10.3 Å². The fourth-order valence-electron chi connectivity index (χ4n) is 3.41. The normalized spacial score (nSPS) is 20.4. The molecule has 25 heavy (non-hydrogen) atoms. The second kappa shape index (κ2) is 8.56. The number of thioether (sulfide) groups is 1. The van der Waals surface area contributed by atoms with Gasteiger partial charge in [-0.3, -0.25) is 4.79 Å². The maximum Gasteiger partial charge on any atom is 0.230 e. The Labute approximate surface area is 154 Å². The van der Waals surface area contributed by atoms with Gasteiger partial charge in [-0.25, -0.2) is 4.98 Å². The van der Waals surface area contributed by atoms with Crippen LogP contribution in [-0.2, 0) is 11.2 Å². The summed E-state index contributed by atoms with van der Waals surface area (Å²) in [4.78, 5) is 20.2. The minimum Gasteiger partial charge on any atom is -0.352 e. The minimum atomic E-state index is 0.113. The molecule has 3 rings (SSSR count). The number of aromatic amines is 1. The van der Waals surface area contributed by atoms with Gasteiger partial charge >= 0.3 is 0 Å². The number of carbonyl (C=O) groups is 1. The first-order chi connectivity index (χ1) is 12.1. The van der Waals surface area contributed by atoms with Gasteiger partial charge in [0, 0.05) is 18.2 Å². The van der Waals surface area contributed by atoms with E-state index in [1.165, 1.54) is 36.6 Å². The van der Waals surface area contributed by atoms with E-state index in [1.54, 1.807) is 0 Å². The first kappa shape index (κ1) is 18.1. The predicted molar refractivity (Wildman–Crippen MR) is 103 cm³/mol. The zero-order chi connectivity index (χ0) is 17.6. The third-order valence-corrected chi connectivity index (χ3v) is 5.85. The summed E-state index contributed by atoms with van der Waals surface area (Å²) in [7, 11) is 0. The van der Waals surface area contributed by atoms with E-state index >= 15 is 0 Å². The van der Waals surface area contributed by atoms with Gasteiger partial charge in [0.15, 0.2) is 5.16 Å². The topological polar surface area (TPSA) is 57.8 Å². The number of rotatable bonds is 6. The van der Waals surface area contributed by atoms with Gasteiger partial charge in [-0.2, -0.15) is 0 Å². The number of nitrogens with one attached hydrogen (secondary N) is 2. The lowest BCUT2D eigenvalue weighted by molar-refractivity contribution is -0.119. The van der Waals surface area contributed by atoms with Crippen LogP contribution in [0.5, 0.6) is 0 Å². The average Bonchev–Trinajstić information content (AvgIpc) is 2.96. The summed E-state index contributed by atoms with van der Waals surface area (Å²) in [6.07, 6.45) is 5.66. The molecule has 0 spiro atoms. The number of benzene rings is 1. The summed E-state index contributed by atoms with van der Waals surface area (Å²) in [6, 6.07) is 10.7. The van der Waals surface area contributed by atoms with E-state index in [9.17, 15) is 4.79 Å². The van der Waals surface area contributed by atoms with E-state index in [0.29, 0.717) is 17.7 Å². The lowest BCUT2D eigenvalue weighted by Crippen LogP contribution is -2.41. The summed E-state index contributed by atoms with van der Waals surface area (Å²) in [5, 5.41) is 4.03. The van der Waals surface area contributed by atoms with Crippen molar-refractivity contribution in [2.45, 2.75) is 57.1 Å². The van der Waals surface area contributed by atoms with Crippen molar-refractivity contribution in [1.82, 2.24) is 15.3 Å². The first-order valence-electron chi connectivity index (χ1n) is 9.13. The van der Waals surface area contributed by atoms with Crippen LogP contribution < -0.4 is 5.32 Å². The largest absolute Gasteiger partial charge is 0.352 e. The highest BCUT2D eigenvalue weighted by atomic mass is 32.2. The van der Waals surface area contributed by atoms with Gasteiger partial charge in [0.2, 0.25) is 5.91 Å². The summed E-state index contributed by atoms with van der Waals surface area (Å²) in [5.41, 5.74) is 3.38. The van der Waals surface area contributed by atoms with Crippen LogP contribution in [0.4, 0.5) is 0 Å². The Bertz CT molecular complexity index is 698. The Morgan fingerprint density at radius 1 is 1.28 bits per heavy atom. The number of nitrogens with zero attached hydrogens (tertiary/aromatic N) is 1. The number of aryl methyl sites for hydroxylation is 1. The number of hydrogen-bond donors (Lipinski definition) is 2. The molecule has 0 saturated heterocycles. The molecule has 1 aromatic heterocycles. The van der Waals surface area contributed by atoms with E-state index in [0.717, 1.165) is 29.4 Å². The lowest BCUT2D eigenvalue weighted by atomic mass is 9.86. The molecule has 1 aliphatic rings. The van der Waals surface area contributed by atoms with Crippen molar-refractivity contribution in [3.63, 3.8) is 0 Å². The Morgan fingerprint density at radius 2 is 2.04 bits per heavy atom. The molecular formula is C20H27N3OS. The van der Waals surface area contributed by atoms with Crippen molar-refractivity contribution in [3.05, 3.63) is 47.3 Å². The molecule has 1 heterocycles. The van der Waals surface area contributed by atoms with E-state index in [4.69, 9.17) is 0 Å². The number of carbonyl (C=O) groups excluding carboxylic acids is 1. The van der Waals surface area contributed by atoms with Crippen molar-refractivity contribution < 1.29 is 4.79 Å². The van der Waals surface area contributed by atoms with Crippen molar-refractivity contribution in [1.29, 1.82) is 0 Å². The predicted octanol–water partition coefficient (Wildman–Crippen LogP) is 4.10. The molecule has 2 atom stereocenters. The molecule has 0 bridgehead atoms. The fourth-order valence-corrected chi connectivity index (χ4v) is 4.16. The zero-order valence-corrected chi connectivity index (χ0v) is 15.9. The molecule has 2 aromatic rings. The molecule has 1 amide bonds. The molecule has 0 aliphatic heterocycles. The fraction of sp³-hybridized carbons (Fsp3) is 0.500. The maximum atomic E-state index is 12.2. The molecule has 4 nitrogen and oxygen atoms in total. The second-order valence-electron chi connectivity index (χ2n) is 7.00. The smallest absolute Gasteiger partial charge is 0.230 e. The Kier molecular flexibility index (Phi) is 6.19. The van der Waals surface area contributed by atoms with Gasteiger partial charge in [0.05, 0.1) is 11.4 Å². The minimum absolute atomic E-state index is 0.113. The quantitative estimate of drug-likeness (QED) is 0.766. The Morgan fingerprint density at radius 3 is 2.80 bits per heavy atom. The number of hydrogen-bond acceptors (Lipinski definition) is 3. The molecule has 5 heteroatoms. The van der Waals surface area contributed by atoms with E-state index < -0.39 is 0 Å². The molecule has 1 aliphatic carbocycles. The third kappa shape index (κ3) is 5.11. The van der Waals surface area contributed by atoms with Crippen molar-refractivity contribution >= 4 is 17.7 Å². The van der Waals surface area contributed by atoms with Crippen molar-refractivity contribution in [2.75, 3.05) is 5.75 Å². The zero-order valence-electron chi connectivity index (χ0n) is 15.0. The summed E-state index contributed by atoms with van der Waals surface area (Å²) >= 11 is 1.49. The van der Waals surface area contributed by atoms with Crippen molar-refractivity contribution in [3.8, 4) is 0 Å². The third-order valence-electron chi connectivity index (χ3n) is 4.98. The average molecular weight is 358 g/mol. The van der Waals surface area contributed by atoms with E-state index in [1.807, 2.05) is 25.1 Å². The molecule has 1 aromatic carbocycles. The lowest BCUT2D eigenvalue weighted by Gasteiger charge is -2.29. The SMILES string of the molecule is Cc1[nH]c(SCC(=O)N[C@@H]2CCCC[C@@H]2C)nc1Cc1ccccc1. The molecule has 0 unspecified atom stereocenters. The first-order valence-corrected chi connectivity index (χ1v) is 10.1. The van der Waals surface area contributed by atoms with Crippen LogP contribution in [0.15, 0.2) is 35.5 Å². The van der Waals surface area contributed by atoms with Crippen LogP contribution in [-0.4, -0.2) is 27.7 Å². The van der Waals surface area contributed by atoms with Crippen LogP contribution in [0.2, 0.25) is 0 Å². The second-order valence-corrected chi connectivity index (χ2v) is 7.96. The van der Waals surface area contributed by atoms with Crippen LogP contribution in [0.25, 0.3) is 0 Å². The summed E-state index contributed by atoms with van der Waals surface area (Å²) in [6.45, 7) is 4.28. The molecule has 1 saturated carbocycles. The van der Waals surface area contributed by atoms with Gasteiger partial charge in [0.25, 0.3) is 0 Å². The molecule has 0 radical (unpaired) electrons. The monoisotopic (exact) mass is 357 g/mol. The number of aromatic nitrogens is 2. The number of amides is 1. The van der Waals surface area contributed by atoms with Gasteiger partial charge in [-0.05, 0) is 31.2 Å². The highest BCUT2D eigenvalue weighted by molar-refractivity contribution is 7.99. The Balaban J connectivity index is 1.51. The molecular weight excluding hydrogens is 330 g/mol. The standard InChI is InChI=1S/C20H27N3OS/c1-14-8-6-7-11-17(14)22-19(24)13-25-20-21-15(2)18(23-20)12-16-9-4-3-5-10-16/h3-5,9-10,14,17H,6-8,11-13H2,1-2H3,(H,21,23)(H,22,24)/t14-,17+/m0/s1. The summed E-state index contributed by atoms with van der Waals surface area (Å²) in [5.74, 6) is 1.12. The van der Waals surface area contributed by atoms with Crippen LogP contribution >= 0.6 is 11.8 Å². The van der Waals surface area contributed by atoms with Gasteiger partial charge in [-0.1, -0.05) is 61.9 Å². The van der Waals surface area contributed by atoms with Gasteiger partial charge in [-0.15, -0.1) is 0 Å². The highest BCUT2D eigenvalue weighted by Gasteiger charge is 2.22. The van der Waals surface area contributed by atoms with Gasteiger partial charge in [0.1, 0.15) is 0 Å². The molecule has 134 valence electrons. The maximum absolute atomic E-state index is 12.2. The molecule has 2 N–H and O–H groups in total. The number of imidazole rings is 1. The van der Waals surface area contributed by atoms with E-state index in [-0.39, 0.29) is 5.91 Å². The molecule has 1 fully saturated rings. The highest BCUT2D eigenvalue weighted by Crippen LogP contribution is 2.24. The summed E-state index contributed by atoms with van der Waals surface area (Å²) < 4.78 is 0. The van der Waals surface area contributed by atoms with Crippen LogP contribution in [0.1, 0.15) is 49.6 Å².